The molecule has 1 amide bonds. The maximum Gasteiger partial charge on any atom is 0.234 e. The second-order valence-electron chi connectivity index (χ2n) is 8.24. The molecule has 1 fully saturated rings. The molecule has 4 rings (SSSR count). The van der Waals surface area contributed by atoms with E-state index in [9.17, 15) is 4.79 Å². The molecule has 2 aliphatic carbocycles. The largest absolute Gasteiger partial charge is 0.348 e. The van der Waals surface area contributed by atoms with Crippen molar-refractivity contribution in [2.75, 3.05) is 14.1 Å². The first-order valence-electron chi connectivity index (χ1n) is 8.46. The van der Waals surface area contributed by atoms with E-state index in [0.29, 0.717) is 15.6 Å². The number of carbonyl (C=O) groups excluding carboxylic acids is 1. The lowest BCUT2D eigenvalue weighted by Gasteiger charge is -2.40. The number of benzene rings is 1. The van der Waals surface area contributed by atoms with E-state index < -0.39 is 5.41 Å². The number of carbonyl (C=O) groups is 1. The molecule has 25 heavy (non-hydrogen) atoms. The van der Waals surface area contributed by atoms with Gasteiger partial charge < -0.3 is 4.90 Å². The first-order valence-corrected chi connectivity index (χ1v) is 9.21. The highest BCUT2D eigenvalue weighted by Gasteiger charge is 2.73. The van der Waals surface area contributed by atoms with Crippen molar-refractivity contribution in [2.45, 2.75) is 44.4 Å². The van der Waals surface area contributed by atoms with Crippen molar-refractivity contribution in [3.8, 4) is 0 Å². The molecular formula is C19H21Cl2N3O. The molecule has 1 saturated carbocycles. The van der Waals surface area contributed by atoms with Gasteiger partial charge >= 0.3 is 0 Å². The highest BCUT2D eigenvalue weighted by Crippen LogP contribution is 2.70. The number of amides is 1. The van der Waals surface area contributed by atoms with Gasteiger partial charge in [-0.1, -0.05) is 44.0 Å². The molecule has 0 N–H and O–H groups in total. The fourth-order valence-corrected chi connectivity index (χ4v) is 5.27. The van der Waals surface area contributed by atoms with Crippen LogP contribution in [0.5, 0.6) is 0 Å². The van der Waals surface area contributed by atoms with Crippen LogP contribution < -0.4 is 0 Å². The summed E-state index contributed by atoms with van der Waals surface area (Å²) in [6.45, 7) is 6.56. The van der Waals surface area contributed by atoms with Gasteiger partial charge in [0.25, 0.3) is 0 Å². The smallest absolute Gasteiger partial charge is 0.234 e. The average Bonchev–Trinajstić information content (AvgIpc) is 2.82. The summed E-state index contributed by atoms with van der Waals surface area (Å²) < 4.78 is 0. The molecular weight excluding hydrogens is 357 g/mol. The van der Waals surface area contributed by atoms with Gasteiger partial charge in [-0.25, -0.2) is 9.97 Å². The minimum Gasteiger partial charge on any atom is -0.348 e. The van der Waals surface area contributed by atoms with Crippen LogP contribution in [-0.2, 0) is 15.6 Å². The lowest BCUT2D eigenvalue weighted by Crippen LogP contribution is -2.50. The van der Waals surface area contributed by atoms with Crippen LogP contribution in [0.2, 0.25) is 10.0 Å². The third-order valence-corrected chi connectivity index (χ3v) is 7.57. The Hall–Kier alpha value is -1.39. The molecule has 1 aromatic heterocycles. The first-order chi connectivity index (χ1) is 11.6. The van der Waals surface area contributed by atoms with E-state index >= 15 is 0 Å². The van der Waals surface area contributed by atoms with Gasteiger partial charge in [-0.2, -0.15) is 0 Å². The van der Waals surface area contributed by atoms with E-state index in [1.807, 2.05) is 14.1 Å². The Morgan fingerprint density at radius 3 is 2.04 bits per heavy atom. The summed E-state index contributed by atoms with van der Waals surface area (Å²) in [5.74, 6) is 0.105. The molecule has 6 heteroatoms. The Kier molecular flexibility index (Phi) is 3.31. The average molecular weight is 378 g/mol. The number of aromatic nitrogens is 2. The third-order valence-electron chi connectivity index (χ3n) is 6.85. The number of nitrogens with zero attached hydrogens (tertiary/aromatic N) is 3. The quantitative estimate of drug-likeness (QED) is 0.741. The van der Waals surface area contributed by atoms with Gasteiger partial charge in [0.2, 0.25) is 5.91 Å². The van der Waals surface area contributed by atoms with E-state index in [1.165, 1.54) is 0 Å². The van der Waals surface area contributed by atoms with Crippen molar-refractivity contribution >= 4 is 40.1 Å². The van der Waals surface area contributed by atoms with Crippen LogP contribution in [0.4, 0.5) is 0 Å². The van der Waals surface area contributed by atoms with Crippen LogP contribution in [0, 0.1) is 5.41 Å². The summed E-state index contributed by atoms with van der Waals surface area (Å²) >= 11 is 12.3. The molecule has 132 valence electrons. The number of likely N-dealkylation sites (N-methyl/N-ethyl adjacent to an activating group) is 1. The number of fused-ring (bicyclic) bond motifs is 6. The van der Waals surface area contributed by atoms with Gasteiger partial charge in [-0.05, 0) is 30.4 Å². The van der Waals surface area contributed by atoms with Gasteiger partial charge in [0.05, 0.1) is 37.9 Å². The van der Waals surface area contributed by atoms with Crippen molar-refractivity contribution < 1.29 is 4.79 Å². The Morgan fingerprint density at radius 2 is 1.52 bits per heavy atom. The van der Waals surface area contributed by atoms with Crippen molar-refractivity contribution in [1.82, 2.24) is 14.9 Å². The zero-order chi connectivity index (χ0) is 18.4. The highest BCUT2D eigenvalue weighted by molar-refractivity contribution is 6.42. The summed E-state index contributed by atoms with van der Waals surface area (Å²) in [7, 11) is 3.62. The van der Waals surface area contributed by atoms with E-state index in [0.717, 1.165) is 29.7 Å². The van der Waals surface area contributed by atoms with Crippen LogP contribution in [0.1, 0.15) is 45.0 Å². The molecule has 4 nitrogen and oxygen atoms in total. The lowest BCUT2D eigenvalue weighted by atomic mass is 9.63. The van der Waals surface area contributed by atoms with E-state index in [2.05, 4.69) is 20.8 Å². The summed E-state index contributed by atoms with van der Waals surface area (Å²) in [5.41, 5.74) is 2.06. The zero-order valence-electron chi connectivity index (χ0n) is 15.1. The molecule has 2 atom stereocenters. The lowest BCUT2D eigenvalue weighted by molar-refractivity contribution is -0.138. The summed E-state index contributed by atoms with van der Waals surface area (Å²) in [6.07, 6.45) is 1.72. The molecule has 0 aliphatic heterocycles. The van der Waals surface area contributed by atoms with Gasteiger partial charge in [-0.3, -0.25) is 4.79 Å². The summed E-state index contributed by atoms with van der Waals surface area (Å²) in [5, 5.41) is 0.917. The van der Waals surface area contributed by atoms with Crippen LogP contribution in [-0.4, -0.2) is 34.9 Å². The SMILES string of the molecule is CN(C)C(=O)[C@]12CC[C@@](C)(c3nc4cc(Cl)c(Cl)cc4nc31)C2(C)C. The standard InChI is InChI=1S/C19H21Cl2N3O/c1-17(2)18(3)6-7-19(17,16(25)24(4)5)15-14(18)22-12-8-10(20)11(21)9-13(12)23-15/h8-9H,6-7H2,1-5H3/t18-,19-/m0/s1. The molecule has 0 saturated heterocycles. The molecule has 1 aromatic carbocycles. The predicted molar refractivity (Wildman–Crippen MR) is 100 cm³/mol. The Morgan fingerprint density at radius 1 is 1.00 bits per heavy atom. The van der Waals surface area contributed by atoms with Crippen molar-refractivity contribution in [2.24, 2.45) is 5.41 Å². The summed E-state index contributed by atoms with van der Waals surface area (Å²) in [6, 6.07) is 3.50. The topological polar surface area (TPSA) is 46.1 Å². The van der Waals surface area contributed by atoms with Gasteiger partial charge in [0, 0.05) is 19.5 Å². The normalized spacial score (nSPS) is 29.1. The van der Waals surface area contributed by atoms with Crippen molar-refractivity contribution in [3.63, 3.8) is 0 Å². The van der Waals surface area contributed by atoms with Crippen LogP contribution >= 0.6 is 23.2 Å². The summed E-state index contributed by atoms with van der Waals surface area (Å²) in [4.78, 5) is 24.8. The van der Waals surface area contributed by atoms with Crippen molar-refractivity contribution in [3.05, 3.63) is 33.6 Å². The molecule has 2 aromatic rings. The minimum atomic E-state index is -0.645. The maximum atomic E-state index is 13.3. The predicted octanol–water partition coefficient (Wildman–Crippen LogP) is 4.35. The maximum absolute atomic E-state index is 13.3. The molecule has 0 unspecified atom stereocenters. The Labute approximate surface area is 157 Å². The van der Waals surface area contributed by atoms with Gasteiger partial charge in [0.15, 0.2) is 0 Å². The van der Waals surface area contributed by atoms with Crippen LogP contribution in [0.25, 0.3) is 11.0 Å². The van der Waals surface area contributed by atoms with E-state index in [1.54, 1.807) is 17.0 Å². The number of hydrogen-bond donors (Lipinski definition) is 0. The molecule has 0 radical (unpaired) electrons. The number of rotatable bonds is 1. The number of hydrogen-bond acceptors (Lipinski definition) is 3. The molecule has 1 heterocycles. The first kappa shape index (κ1) is 17.0. The van der Waals surface area contributed by atoms with Crippen LogP contribution in [0.15, 0.2) is 12.1 Å². The molecule has 2 bridgehead atoms. The monoisotopic (exact) mass is 377 g/mol. The zero-order valence-corrected chi connectivity index (χ0v) is 16.6. The Bertz CT molecular complexity index is 940. The van der Waals surface area contributed by atoms with Gasteiger partial charge in [-0.15, -0.1) is 0 Å². The van der Waals surface area contributed by atoms with Crippen LogP contribution in [0.3, 0.4) is 0 Å². The van der Waals surface area contributed by atoms with Gasteiger partial charge in [0.1, 0.15) is 0 Å². The highest BCUT2D eigenvalue weighted by atomic mass is 35.5. The molecule has 0 spiro atoms. The van der Waals surface area contributed by atoms with Crippen molar-refractivity contribution in [1.29, 1.82) is 0 Å². The molecule has 2 aliphatic rings. The number of halogens is 2. The van der Waals surface area contributed by atoms with E-state index in [4.69, 9.17) is 33.2 Å². The second-order valence-corrected chi connectivity index (χ2v) is 9.05. The minimum absolute atomic E-state index is 0.105. The third kappa shape index (κ3) is 1.77. The Balaban J connectivity index is 2.10. The fraction of sp³-hybridized carbons (Fsp3) is 0.526. The van der Waals surface area contributed by atoms with E-state index in [-0.39, 0.29) is 16.7 Å². The second kappa shape index (κ2) is 4.86. The fourth-order valence-electron chi connectivity index (χ4n) is 4.95.